The van der Waals surface area contributed by atoms with Crippen LogP contribution in [0.2, 0.25) is 0 Å². The molecule has 0 spiro atoms. The summed E-state index contributed by atoms with van der Waals surface area (Å²) in [6.07, 6.45) is -5.18. The van der Waals surface area contributed by atoms with Crippen LogP contribution in [-0.2, 0) is 15.7 Å². The number of anilines is 2. The topological polar surface area (TPSA) is 100 Å². The van der Waals surface area contributed by atoms with Crippen molar-refractivity contribution in [3.05, 3.63) is 53.6 Å². The van der Waals surface area contributed by atoms with Gasteiger partial charge in [-0.15, -0.1) is 0 Å². The van der Waals surface area contributed by atoms with E-state index in [4.69, 9.17) is 9.47 Å². The Morgan fingerprint density at radius 3 is 2.37 bits per heavy atom. The van der Waals surface area contributed by atoms with Crippen molar-refractivity contribution in [2.45, 2.75) is 43.2 Å². The predicted molar refractivity (Wildman–Crippen MR) is 121 cm³/mol. The molecule has 1 fully saturated rings. The number of benzene rings is 2. The maximum atomic E-state index is 12.7. The number of hydrogen-bond acceptors (Lipinski definition) is 5. The molecule has 0 aliphatic carbocycles. The minimum Gasteiger partial charge on any atom is -0.487 e. The molecule has 0 bridgehead atoms. The molecule has 2 aliphatic heterocycles. The smallest absolute Gasteiger partial charge is 0.416 e. The van der Waals surface area contributed by atoms with Crippen LogP contribution in [0.4, 0.5) is 29.3 Å². The zero-order chi connectivity index (χ0) is 25.3. The molecular weight excluding hydrogens is 467 g/mol. The van der Waals surface area contributed by atoms with E-state index in [9.17, 15) is 27.9 Å². The first-order chi connectivity index (χ1) is 16.5. The normalized spacial score (nSPS) is 23.0. The number of carbonyl (C=O) groups excluding carboxylic acids is 2. The van der Waals surface area contributed by atoms with E-state index >= 15 is 0 Å². The number of nitrogens with zero attached hydrogens (tertiary/aromatic N) is 1. The number of rotatable bonds is 5. The Balaban J connectivity index is 1.45. The van der Waals surface area contributed by atoms with Gasteiger partial charge in [0.05, 0.1) is 24.7 Å². The highest BCUT2D eigenvalue weighted by atomic mass is 19.4. The van der Waals surface area contributed by atoms with Gasteiger partial charge in [-0.1, -0.05) is 0 Å². The minimum atomic E-state index is -4.46. The van der Waals surface area contributed by atoms with Gasteiger partial charge in [0.1, 0.15) is 18.0 Å². The Morgan fingerprint density at radius 1 is 1.09 bits per heavy atom. The average molecular weight is 493 g/mol. The highest BCUT2D eigenvalue weighted by Gasteiger charge is 2.46. The van der Waals surface area contributed by atoms with E-state index in [1.807, 2.05) is 0 Å². The number of urea groups is 1. The minimum absolute atomic E-state index is 0.0837. The molecule has 4 rings (SSSR count). The Hall–Kier alpha value is -3.31. The zero-order valence-corrected chi connectivity index (χ0v) is 19.1. The van der Waals surface area contributed by atoms with Crippen LogP contribution in [0.1, 0.15) is 29.9 Å². The first-order valence-electron chi connectivity index (χ1n) is 11.1. The Morgan fingerprint density at radius 2 is 1.74 bits per heavy atom. The van der Waals surface area contributed by atoms with E-state index < -0.39 is 36.1 Å². The molecular formula is C24H26F3N3O5. The fourth-order valence-electron chi connectivity index (χ4n) is 4.38. The SMILES string of the molecule is CN(C)C(=O)C[C@H]1C[C@H]2c3cc(NC(=O)Nc4ccc(C(F)(F)F)cc4)ccc3O[C@H]2[C@H](CO)O1. The maximum Gasteiger partial charge on any atom is 0.416 e. The number of alkyl halides is 3. The summed E-state index contributed by atoms with van der Waals surface area (Å²) in [5.41, 5.74) is 0.695. The van der Waals surface area contributed by atoms with Gasteiger partial charge >= 0.3 is 12.2 Å². The number of carbonyl (C=O) groups is 2. The van der Waals surface area contributed by atoms with E-state index in [1.54, 1.807) is 32.3 Å². The van der Waals surface area contributed by atoms with Crippen LogP contribution in [0.25, 0.3) is 0 Å². The van der Waals surface area contributed by atoms with Crippen LogP contribution in [-0.4, -0.2) is 61.0 Å². The van der Waals surface area contributed by atoms with Gasteiger partial charge in [-0.3, -0.25) is 4.79 Å². The summed E-state index contributed by atoms with van der Waals surface area (Å²) >= 11 is 0. The number of amides is 3. The predicted octanol–water partition coefficient (Wildman–Crippen LogP) is 3.82. The van der Waals surface area contributed by atoms with Crippen LogP contribution in [0.15, 0.2) is 42.5 Å². The lowest BCUT2D eigenvalue weighted by Crippen LogP contribution is -2.47. The lowest BCUT2D eigenvalue weighted by atomic mass is 9.84. The van der Waals surface area contributed by atoms with Crippen molar-refractivity contribution in [1.29, 1.82) is 0 Å². The zero-order valence-electron chi connectivity index (χ0n) is 19.1. The van der Waals surface area contributed by atoms with Crippen molar-refractivity contribution in [2.75, 3.05) is 31.3 Å². The summed E-state index contributed by atoms with van der Waals surface area (Å²) in [7, 11) is 3.33. The van der Waals surface area contributed by atoms with Gasteiger partial charge in [0.25, 0.3) is 0 Å². The second-order valence-electron chi connectivity index (χ2n) is 8.80. The number of hydrogen-bond donors (Lipinski definition) is 3. The Labute approximate surface area is 200 Å². The third kappa shape index (κ3) is 5.51. The van der Waals surface area contributed by atoms with Gasteiger partial charge in [0, 0.05) is 37.0 Å². The molecule has 2 aromatic rings. The summed E-state index contributed by atoms with van der Waals surface area (Å²) in [4.78, 5) is 26.1. The fourth-order valence-corrected chi connectivity index (χ4v) is 4.38. The van der Waals surface area contributed by atoms with Crippen LogP contribution in [0, 0.1) is 0 Å². The largest absolute Gasteiger partial charge is 0.487 e. The van der Waals surface area contributed by atoms with Gasteiger partial charge in [0.2, 0.25) is 5.91 Å². The van der Waals surface area contributed by atoms with Crippen LogP contribution in [0.3, 0.4) is 0 Å². The Kier molecular flexibility index (Phi) is 6.91. The van der Waals surface area contributed by atoms with Crippen molar-refractivity contribution >= 4 is 23.3 Å². The van der Waals surface area contributed by atoms with Gasteiger partial charge < -0.3 is 30.1 Å². The van der Waals surface area contributed by atoms with Crippen molar-refractivity contribution in [3.63, 3.8) is 0 Å². The lowest BCUT2D eigenvalue weighted by molar-refractivity contribution is -0.147. The molecule has 2 aromatic carbocycles. The first-order valence-corrected chi connectivity index (χ1v) is 11.1. The van der Waals surface area contributed by atoms with E-state index in [0.717, 1.165) is 17.7 Å². The number of fused-ring (bicyclic) bond motifs is 3. The molecule has 2 aliphatic rings. The first kappa shape index (κ1) is 24.8. The summed E-state index contributed by atoms with van der Waals surface area (Å²) in [5.74, 6) is 0.380. The number of halogens is 3. The number of ether oxygens (including phenoxy) is 2. The molecule has 0 saturated carbocycles. The van der Waals surface area contributed by atoms with Crippen molar-refractivity contribution in [2.24, 2.45) is 0 Å². The van der Waals surface area contributed by atoms with Crippen LogP contribution in [0.5, 0.6) is 5.75 Å². The van der Waals surface area contributed by atoms with E-state index in [2.05, 4.69) is 10.6 Å². The van der Waals surface area contributed by atoms with Crippen molar-refractivity contribution in [3.8, 4) is 5.75 Å². The van der Waals surface area contributed by atoms with Crippen LogP contribution >= 0.6 is 0 Å². The third-order valence-corrected chi connectivity index (χ3v) is 6.13. The highest BCUT2D eigenvalue weighted by molar-refractivity contribution is 5.99. The summed E-state index contributed by atoms with van der Waals surface area (Å²) in [6.45, 7) is -0.261. The molecule has 1 saturated heterocycles. The van der Waals surface area contributed by atoms with Gasteiger partial charge in [-0.05, 0) is 48.9 Å². The molecule has 0 unspecified atom stereocenters. The summed E-state index contributed by atoms with van der Waals surface area (Å²) in [5, 5.41) is 15.0. The van der Waals surface area contributed by atoms with Crippen molar-refractivity contribution < 1.29 is 37.3 Å². The summed E-state index contributed by atoms with van der Waals surface area (Å²) < 4.78 is 50.1. The second-order valence-corrected chi connectivity index (χ2v) is 8.80. The second kappa shape index (κ2) is 9.74. The molecule has 2 heterocycles. The molecule has 0 radical (unpaired) electrons. The number of nitrogens with one attached hydrogen (secondary N) is 2. The van der Waals surface area contributed by atoms with Crippen LogP contribution < -0.4 is 15.4 Å². The number of aliphatic hydroxyl groups is 1. The standard InChI is InChI=1S/C24H26F3N3O5/c1-30(2)21(32)11-16-10-18-17-9-15(7-8-19(17)35-22(18)20(12-31)34-16)29-23(33)28-14-5-3-13(4-6-14)24(25,26)27/h3-9,16,18,20,22,31H,10-12H2,1-2H3,(H2,28,29,33)/t16-,18+,20+,22-/m1/s1. The molecule has 0 aromatic heterocycles. The van der Waals surface area contributed by atoms with E-state index in [-0.39, 0.29) is 30.5 Å². The fraction of sp³-hybridized carbons (Fsp3) is 0.417. The third-order valence-electron chi connectivity index (χ3n) is 6.13. The average Bonchev–Trinajstić information content (AvgIpc) is 3.16. The van der Waals surface area contributed by atoms with Gasteiger partial charge in [-0.2, -0.15) is 13.2 Å². The molecule has 35 heavy (non-hydrogen) atoms. The Bertz CT molecular complexity index is 1090. The van der Waals surface area contributed by atoms with Gasteiger partial charge in [-0.25, -0.2) is 4.79 Å². The molecule has 4 atom stereocenters. The monoisotopic (exact) mass is 493 g/mol. The molecule has 8 nitrogen and oxygen atoms in total. The van der Waals surface area contributed by atoms with E-state index in [0.29, 0.717) is 17.9 Å². The number of aliphatic hydroxyl groups excluding tert-OH is 1. The van der Waals surface area contributed by atoms with Crippen molar-refractivity contribution in [1.82, 2.24) is 4.90 Å². The molecule has 3 amide bonds. The summed E-state index contributed by atoms with van der Waals surface area (Å²) in [6, 6.07) is 8.63. The maximum absolute atomic E-state index is 12.7. The molecule has 188 valence electrons. The molecule has 3 N–H and O–H groups in total. The quantitative estimate of drug-likeness (QED) is 0.588. The van der Waals surface area contributed by atoms with E-state index in [1.165, 1.54) is 17.0 Å². The lowest BCUT2D eigenvalue weighted by Gasteiger charge is -2.37. The highest BCUT2D eigenvalue weighted by Crippen LogP contribution is 2.47. The molecule has 11 heteroatoms. The van der Waals surface area contributed by atoms with Gasteiger partial charge in [0.15, 0.2) is 0 Å².